The fourth-order valence-corrected chi connectivity index (χ4v) is 1.55. The largest absolute Gasteiger partial charge is 0.402 e. The van der Waals surface area contributed by atoms with Crippen molar-refractivity contribution < 1.29 is 0 Å². The van der Waals surface area contributed by atoms with Crippen LogP contribution in [-0.4, -0.2) is 5.71 Å². The molecule has 0 aliphatic heterocycles. The van der Waals surface area contributed by atoms with Gasteiger partial charge in [0.05, 0.1) is 0 Å². The zero-order valence-corrected chi connectivity index (χ0v) is 7.28. The SMILES string of the molecule is CC(N)=C1CC[C@@H](C)CC1=N. The van der Waals surface area contributed by atoms with E-state index in [-0.39, 0.29) is 0 Å². The van der Waals surface area contributed by atoms with E-state index >= 15 is 0 Å². The molecule has 0 radical (unpaired) electrons. The Kier molecular flexibility index (Phi) is 2.32. The number of hydrogen-bond acceptors (Lipinski definition) is 2. The fourth-order valence-electron chi connectivity index (χ4n) is 1.55. The van der Waals surface area contributed by atoms with Gasteiger partial charge in [-0.3, -0.25) is 0 Å². The molecule has 2 heteroatoms. The molecule has 62 valence electrons. The maximum atomic E-state index is 7.67. The van der Waals surface area contributed by atoms with Crippen LogP contribution in [0.1, 0.15) is 33.1 Å². The van der Waals surface area contributed by atoms with Crippen LogP contribution in [0.25, 0.3) is 0 Å². The van der Waals surface area contributed by atoms with Crippen LogP contribution in [0.2, 0.25) is 0 Å². The highest BCUT2D eigenvalue weighted by Gasteiger charge is 2.18. The first-order chi connectivity index (χ1) is 5.11. The molecule has 0 amide bonds. The van der Waals surface area contributed by atoms with E-state index < -0.39 is 0 Å². The van der Waals surface area contributed by atoms with Gasteiger partial charge in [0.1, 0.15) is 0 Å². The fraction of sp³-hybridized carbons (Fsp3) is 0.667. The van der Waals surface area contributed by atoms with Crippen molar-refractivity contribution in [3.63, 3.8) is 0 Å². The second kappa shape index (κ2) is 3.07. The Bertz CT molecular complexity index is 200. The van der Waals surface area contributed by atoms with E-state index in [4.69, 9.17) is 11.1 Å². The Labute approximate surface area is 68.0 Å². The monoisotopic (exact) mass is 152 g/mol. The van der Waals surface area contributed by atoms with Gasteiger partial charge in [-0.25, -0.2) is 0 Å². The van der Waals surface area contributed by atoms with Crippen molar-refractivity contribution >= 4 is 5.71 Å². The first-order valence-corrected chi connectivity index (χ1v) is 4.14. The second-order valence-corrected chi connectivity index (χ2v) is 3.49. The molecular formula is C9H16N2. The van der Waals surface area contributed by atoms with Gasteiger partial charge in [-0.05, 0) is 37.7 Å². The summed E-state index contributed by atoms with van der Waals surface area (Å²) in [5.41, 5.74) is 8.32. The van der Waals surface area contributed by atoms with Crippen LogP contribution < -0.4 is 5.73 Å². The first kappa shape index (κ1) is 8.31. The average molecular weight is 152 g/mol. The van der Waals surface area contributed by atoms with Crippen molar-refractivity contribution in [2.75, 3.05) is 0 Å². The van der Waals surface area contributed by atoms with Gasteiger partial charge in [0.25, 0.3) is 0 Å². The topological polar surface area (TPSA) is 49.9 Å². The molecule has 1 atom stereocenters. The number of nitrogens with two attached hydrogens (primary N) is 1. The van der Waals surface area contributed by atoms with Gasteiger partial charge in [0, 0.05) is 11.4 Å². The third-order valence-corrected chi connectivity index (χ3v) is 2.28. The van der Waals surface area contributed by atoms with Crippen molar-refractivity contribution in [2.45, 2.75) is 33.1 Å². The normalized spacial score (nSPS) is 30.4. The van der Waals surface area contributed by atoms with Crippen molar-refractivity contribution in [1.82, 2.24) is 0 Å². The minimum absolute atomic E-state index is 0.672. The third kappa shape index (κ3) is 1.82. The molecule has 0 bridgehead atoms. The van der Waals surface area contributed by atoms with Crippen LogP contribution >= 0.6 is 0 Å². The molecule has 11 heavy (non-hydrogen) atoms. The van der Waals surface area contributed by atoms with Crippen LogP contribution in [0.15, 0.2) is 11.3 Å². The molecule has 2 nitrogen and oxygen atoms in total. The summed E-state index contributed by atoms with van der Waals surface area (Å²) in [4.78, 5) is 0. The summed E-state index contributed by atoms with van der Waals surface area (Å²) in [5, 5.41) is 7.67. The van der Waals surface area contributed by atoms with E-state index in [1.54, 1.807) is 0 Å². The zero-order valence-electron chi connectivity index (χ0n) is 7.28. The Morgan fingerprint density at radius 3 is 2.73 bits per heavy atom. The smallest absolute Gasteiger partial charge is 0.0365 e. The van der Waals surface area contributed by atoms with Gasteiger partial charge in [0.2, 0.25) is 0 Å². The molecule has 0 heterocycles. The van der Waals surface area contributed by atoms with Gasteiger partial charge < -0.3 is 11.1 Å². The first-order valence-electron chi connectivity index (χ1n) is 4.14. The minimum Gasteiger partial charge on any atom is -0.402 e. The molecule has 0 aromatic heterocycles. The lowest BCUT2D eigenvalue weighted by Crippen LogP contribution is -2.18. The average Bonchev–Trinajstić information content (AvgIpc) is 1.85. The van der Waals surface area contributed by atoms with Gasteiger partial charge >= 0.3 is 0 Å². The van der Waals surface area contributed by atoms with Crippen LogP contribution in [0.5, 0.6) is 0 Å². The summed E-state index contributed by atoms with van der Waals surface area (Å²) >= 11 is 0. The highest BCUT2D eigenvalue weighted by atomic mass is 14.6. The lowest BCUT2D eigenvalue weighted by molar-refractivity contribution is 0.531. The van der Waals surface area contributed by atoms with Crippen molar-refractivity contribution in [2.24, 2.45) is 11.7 Å². The molecule has 0 spiro atoms. The lowest BCUT2D eigenvalue weighted by Gasteiger charge is -2.22. The summed E-state index contributed by atoms with van der Waals surface area (Å²) in [5.74, 6) is 0.672. The third-order valence-electron chi connectivity index (χ3n) is 2.28. The summed E-state index contributed by atoms with van der Waals surface area (Å²) in [7, 11) is 0. The Hall–Kier alpha value is -0.790. The van der Waals surface area contributed by atoms with E-state index in [1.807, 2.05) is 6.92 Å². The predicted octanol–water partition coefficient (Wildman–Crippen LogP) is 2.06. The maximum Gasteiger partial charge on any atom is 0.0365 e. The standard InChI is InChI=1S/C9H16N2/c1-6-3-4-8(7(2)10)9(11)5-6/h6,11H,3-5,10H2,1-2H3/t6-/m1/s1. The van der Waals surface area contributed by atoms with Crippen LogP contribution in [0.4, 0.5) is 0 Å². The Morgan fingerprint density at radius 1 is 1.64 bits per heavy atom. The quantitative estimate of drug-likeness (QED) is 0.548. The summed E-state index contributed by atoms with van der Waals surface area (Å²) in [6.45, 7) is 4.08. The summed E-state index contributed by atoms with van der Waals surface area (Å²) < 4.78 is 0. The van der Waals surface area contributed by atoms with Gasteiger partial charge in [-0.2, -0.15) is 0 Å². The molecule has 1 aliphatic rings. The molecule has 0 aromatic rings. The molecule has 1 saturated carbocycles. The molecule has 1 aliphatic carbocycles. The van der Waals surface area contributed by atoms with Crippen LogP contribution in [-0.2, 0) is 0 Å². The van der Waals surface area contributed by atoms with E-state index in [1.165, 1.54) is 6.42 Å². The van der Waals surface area contributed by atoms with E-state index in [0.29, 0.717) is 5.92 Å². The molecule has 3 N–H and O–H groups in total. The molecule has 0 unspecified atom stereocenters. The van der Waals surface area contributed by atoms with E-state index in [0.717, 1.165) is 29.8 Å². The highest BCUT2D eigenvalue weighted by Crippen LogP contribution is 2.25. The van der Waals surface area contributed by atoms with Crippen LogP contribution in [0.3, 0.4) is 0 Å². The second-order valence-electron chi connectivity index (χ2n) is 3.49. The molecule has 0 aromatic carbocycles. The molecule has 1 fully saturated rings. The maximum absolute atomic E-state index is 7.67. The zero-order chi connectivity index (χ0) is 8.43. The molecule has 1 rings (SSSR count). The van der Waals surface area contributed by atoms with E-state index in [2.05, 4.69) is 6.92 Å². The van der Waals surface area contributed by atoms with Crippen molar-refractivity contribution in [1.29, 1.82) is 5.41 Å². The molecular weight excluding hydrogens is 136 g/mol. The minimum atomic E-state index is 0.672. The van der Waals surface area contributed by atoms with Crippen molar-refractivity contribution in [3.05, 3.63) is 11.3 Å². The van der Waals surface area contributed by atoms with Gasteiger partial charge in [-0.1, -0.05) is 6.92 Å². The highest BCUT2D eigenvalue weighted by molar-refractivity contribution is 5.98. The van der Waals surface area contributed by atoms with Crippen molar-refractivity contribution in [3.8, 4) is 0 Å². The predicted molar refractivity (Wildman–Crippen MR) is 47.6 cm³/mol. The van der Waals surface area contributed by atoms with Crippen LogP contribution in [0, 0.1) is 11.3 Å². The number of rotatable bonds is 0. The number of nitrogens with one attached hydrogen (secondary N) is 1. The van der Waals surface area contributed by atoms with Gasteiger partial charge in [-0.15, -0.1) is 0 Å². The lowest BCUT2D eigenvalue weighted by atomic mass is 9.85. The number of hydrogen-bond donors (Lipinski definition) is 2. The van der Waals surface area contributed by atoms with E-state index in [9.17, 15) is 0 Å². The summed E-state index contributed by atoms with van der Waals surface area (Å²) in [6.07, 6.45) is 3.10. The number of allylic oxidation sites excluding steroid dienone is 2. The Balaban J connectivity index is 2.74. The Morgan fingerprint density at radius 2 is 2.27 bits per heavy atom. The molecule has 0 saturated heterocycles. The summed E-state index contributed by atoms with van der Waals surface area (Å²) in [6, 6.07) is 0. The van der Waals surface area contributed by atoms with Gasteiger partial charge in [0.15, 0.2) is 0 Å².